The van der Waals surface area contributed by atoms with Crippen LogP contribution in [-0.4, -0.2) is 59.9 Å². The fourth-order valence-electron chi connectivity index (χ4n) is 2.93. The Morgan fingerprint density at radius 1 is 0.750 bits per heavy atom. The van der Waals surface area contributed by atoms with Gasteiger partial charge in [0.2, 0.25) is 11.8 Å². The molecule has 0 aromatic heterocycles. The Labute approximate surface area is 189 Å². The van der Waals surface area contributed by atoms with E-state index in [1.165, 1.54) is 6.07 Å². The van der Waals surface area contributed by atoms with Crippen molar-refractivity contribution in [3.63, 3.8) is 0 Å². The molecule has 8 heteroatoms. The first-order valence-electron chi connectivity index (χ1n) is 11.0. The average molecular weight is 449 g/mol. The lowest BCUT2D eigenvalue weighted by Gasteiger charge is -2.16. The standard InChI is InChI=1S/C24H36N2O6/c1-15(2)11-25-23(31)19(13-27)9-21(29)17-6-5-7-18(8-17)22(30)10-20(14-28)24(32)26-12-16(3)4/h5-8,15-16,19-20,27-28H,9-14H2,1-4H3,(H,25,31)(H,26,32)/t19-,20-/m0/s1. The SMILES string of the molecule is CC(C)CNC(=O)[C@H](CO)CC(=O)c1cccc(C(=O)C[C@@H](CO)C(=O)NCC(C)C)c1. The third-order valence-electron chi connectivity index (χ3n) is 4.92. The first-order valence-corrected chi connectivity index (χ1v) is 11.0. The summed E-state index contributed by atoms with van der Waals surface area (Å²) < 4.78 is 0. The van der Waals surface area contributed by atoms with Gasteiger partial charge in [0.1, 0.15) is 0 Å². The topological polar surface area (TPSA) is 133 Å². The van der Waals surface area contributed by atoms with E-state index in [0.29, 0.717) is 13.1 Å². The molecule has 0 aliphatic rings. The van der Waals surface area contributed by atoms with Crippen molar-refractivity contribution in [1.82, 2.24) is 10.6 Å². The van der Waals surface area contributed by atoms with Gasteiger partial charge in [0.15, 0.2) is 11.6 Å². The van der Waals surface area contributed by atoms with Gasteiger partial charge in [-0.25, -0.2) is 0 Å². The van der Waals surface area contributed by atoms with E-state index in [1.54, 1.807) is 18.2 Å². The van der Waals surface area contributed by atoms with Crippen LogP contribution in [0.1, 0.15) is 61.3 Å². The Morgan fingerprint density at radius 2 is 1.12 bits per heavy atom. The van der Waals surface area contributed by atoms with Crippen molar-refractivity contribution < 1.29 is 29.4 Å². The van der Waals surface area contributed by atoms with Crippen LogP contribution in [-0.2, 0) is 9.59 Å². The second-order valence-corrected chi connectivity index (χ2v) is 8.87. The maximum atomic E-state index is 12.7. The van der Waals surface area contributed by atoms with E-state index in [1.807, 2.05) is 27.7 Å². The van der Waals surface area contributed by atoms with Crippen molar-refractivity contribution in [2.24, 2.45) is 23.7 Å². The van der Waals surface area contributed by atoms with E-state index in [2.05, 4.69) is 10.6 Å². The first kappa shape index (κ1) is 27.5. The van der Waals surface area contributed by atoms with E-state index in [0.717, 1.165) is 0 Å². The summed E-state index contributed by atoms with van der Waals surface area (Å²) in [5.41, 5.74) is 0.492. The van der Waals surface area contributed by atoms with Gasteiger partial charge in [-0.3, -0.25) is 19.2 Å². The zero-order valence-corrected chi connectivity index (χ0v) is 19.4. The molecular weight excluding hydrogens is 412 g/mol. The number of ketones is 2. The molecule has 0 radical (unpaired) electrons. The number of amides is 2. The third-order valence-corrected chi connectivity index (χ3v) is 4.92. The second kappa shape index (κ2) is 13.8. The molecule has 0 heterocycles. The van der Waals surface area contributed by atoms with Crippen LogP contribution in [0.3, 0.4) is 0 Å². The lowest BCUT2D eigenvalue weighted by Crippen LogP contribution is -2.36. The molecule has 2 atom stereocenters. The van der Waals surface area contributed by atoms with Crippen LogP contribution in [0.2, 0.25) is 0 Å². The summed E-state index contributed by atoms with van der Waals surface area (Å²) in [6, 6.07) is 6.06. The van der Waals surface area contributed by atoms with Gasteiger partial charge in [0.25, 0.3) is 0 Å². The fourth-order valence-corrected chi connectivity index (χ4v) is 2.93. The summed E-state index contributed by atoms with van der Waals surface area (Å²) in [7, 11) is 0. The van der Waals surface area contributed by atoms with Gasteiger partial charge < -0.3 is 20.8 Å². The molecule has 0 fully saturated rings. The minimum Gasteiger partial charge on any atom is -0.396 e. The van der Waals surface area contributed by atoms with Gasteiger partial charge >= 0.3 is 0 Å². The molecule has 8 nitrogen and oxygen atoms in total. The van der Waals surface area contributed by atoms with Crippen molar-refractivity contribution in [2.75, 3.05) is 26.3 Å². The van der Waals surface area contributed by atoms with Gasteiger partial charge in [-0.1, -0.05) is 45.9 Å². The molecular formula is C24H36N2O6. The lowest BCUT2D eigenvalue weighted by atomic mass is 9.94. The van der Waals surface area contributed by atoms with Crippen LogP contribution < -0.4 is 10.6 Å². The number of hydrogen-bond donors (Lipinski definition) is 4. The quantitative estimate of drug-likeness (QED) is 0.320. The molecule has 1 rings (SSSR count). The zero-order valence-electron chi connectivity index (χ0n) is 19.4. The number of carbonyl (C=O) groups excluding carboxylic acids is 4. The molecule has 0 saturated heterocycles. The van der Waals surface area contributed by atoms with Gasteiger partial charge in [-0.05, 0) is 17.9 Å². The van der Waals surface area contributed by atoms with E-state index >= 15 is 0 Å². The molecule has 32 heavy (non-hydrogen) atoms. The molecule has 0 unspecified atom stereocenters. The highest BCUT2D eigenvalue weighted by Gasteiger charge is 2.24. The smallest absolute Gasteiger partial charge is 0.225 e. The van der Waals surface area contributed by atoms with Crippen LogP contribution in [0.5, 0.6) is 0 Å². The molecule has 1 aromatic carbocycles. The number of Topliss-reactive ketones (excluding diaryl/α,β-unsaturated/α-hetero) is 2. The Kier molecular flexibility index (Phi) is 11.8. The summed E-state index contributed by atoms with van der Waals surface area (Å²) >= 11 is 0. The van der Waals surface area contributed by atoms with Crippen molar-refractivity contribution in [3.05, 3.63) is 35.4 Å². The van der Waals surface area contributed by atoms with Crippen molar-refractivity contribution in [1.29, 1.82) is 0 Å². The van der Waals surface area contributed by atoms with Gasteiger partial charge in [-0.15, -0.1) is 0 Å². The number of aliphatic hydroxyl groups is 2. The Balaban J connectivity index is 2.82. The highest BCUT2D eigenvalue weighted by Crippen LogP contribution is 2.16. The largest absolute Gasteiger partial charge is 0.396 e. The summed E-state index contributed by atoms with van der Waals surface area (Å²) in [6.07, 6.45) is -0.371. The molecule has 0 aliphatic carbocycles. The van der Waals surface area contributed by atoms with Gasteiger partial charge in [0, 0.05) is 37.1 Å². The minimum atomic E-state index is -0.871. The monoisotopic (exact) mass is 448 g/mol. The maximum absolute atomic E-state index is 12.7. The molecule has 0 bridgehead atoms. The molecule has 0 saturated carbocycles. The number of carbonyl (C=O) groups is 4. The Hall–Kier alpha value is -2.58. The number of benzene rings is 1. The first-order chi connectivity index (χ1) is 15.1. The van der Waals surface area contributed by atoms with Crippen LogP contribution in [0.25, 0.3) is 0 Å². The summed E-state index contributed by atoms with van der Waals surface area (Å²) in [5, 5.41) is 24.5. The minimum absolute atomic E-state index is 0.186. The Bertz CT molecular complexity index is 729. The maximum Gasteiger partial charge on any atom is 0.225 e. The predicted octanol–water partition coefficient (Wildman–Crippen LogP) is 1.59. The van der Waals surface area contributed by atoms with Crippen molar-refractivity contribution in [2.45, 2.75) is 40.5 Å². The predicted molar refractivity (Wildman–Crippen MR) is 121 cm³/mol. The third kappa shape index (κ3) is 9.28. The van der Waals surface area contributed by atoms with Crippen LogP contribution in [0, 0.1) is 23.7 Å². The Morgan fingerprint density at radius 3 is 1.44 bits per heavy atom. The van der Waals surface area contributed by atoms with Crippen LogP contribution in [0.15, 0.2) is 24.3 Å². The number of hydrogen-bond acceptors (Lipinski definition) is 6. The van der Waals surface area contributed by atoms with E-state index in [4.69, 9.17) is 0 Å². The lowest BCUT2D eigenvalue weighted by molar-refractivity contribution is -0.127. The molecule has 2 amide bonds. The molecule has 0 spiro atoms. The van der Waals surface area contributed by atoms with Crippen LogP contribution >= 0.6 is 0 Å². The van der Waals surface area contributed by atoms with Crippen LogP contribution in [0.4, 0.5) is 0 Å². The second-order valence-electron chi connectivity index (χ2n) is 8.87. The van der Waals surface area contributed by atoms with E-state index in [9.17, 15) is 29.4 Å². The number of aliphatic hydroxyl groups excluding tert-OH is 2. The highest BCUT2D eigenvalue weighted by atomic mass is 16.3. The van der Waals surface area contributed by atoms with Crippen molar-refractivity contribution >= 4 is 23.4 Å². The van der Waals surface area contributed by atoms with E-state index in [-0.39, 0.29) is 59.2 Å². The van der Waals surface area contributed by atoms with E-state index < -0.39 is 25.0 Å². The summed E-state index contributed by atoms with van der Waals surface area (Å²) in [5.74, 6) is -2.77. The number of nitrogens with one attached hydrogen (secondary N) is 2. The molecule has 178 valence electrons. The normalized spacial score (nSPS) is 13.0. The average Bonchev–Trinajstić information content (AvgIpc) is 2.77. The summed E-state index contributed by atoms with van der Waals surface area (Å²) in [6.45, 7) is 7.74. The molecule has 0 aliphatic heterocycles. The molecule has 1 aromatic rings. The van der Waals surface area contributed by atoms with Gasteiger partial charge in [0.05, 0.1) is 25.0 Å². The summed E-state index contributed by atoms with van der Waals surface area (Å²) in [4.78, 5) is 49.7. The fraction of sp³-hybridized carbons (Fsp3) is 0.583. The molecule has 4 N–H and O–H groups in total. The highest BCUT2D eigenvalue weighted by molar-refractivity contribution is 6.03. The zero-order chi connectivity index (χ0) is 24.3. The van der Waals surface area contributed by atoms with Crippen molar-refractivity contribution in [3.8, 4) is 0 Å². The van der Waals surface area contributed by atoms with Gasteiger partial charge in [-0.2, -0.15) is 0 Å². The number of rotatable bonds is 14.